The molecule has 2 N–H and O–H groups in total. The van der Waals surface area contributed by atoms with Crippen LogP contribution in [0.2, 0.25) is 5.02 Å². The summed E-state index contributed by atoms with van der Waals surface area (Å²) in [7, 11) is 1.61. The fraction of sp³-hybridized carbons (Fsp3) is 0.182. The van der Waals surface area contributed by atoms with Gasteiger partial charge in [0.15, 0.2) is 0 Å². The second kappa shape index (κ2) is 4.06. The molecule has 16 heavy (non-hydrogen) atoms. The van der Waals surface area contributed by atoms with Crippen molar-refractivity contribution in [3.63, 3.8) is 0 Å². The van der Waals surface area contributed by atoms with Gasteiger partial charge in [-0.3, -0.25) is 0 Å². The molecule has 2 rings (SSSR count). The smallest absolute Gasteiger partial charge is 0.146 e. The van der Waals surface area contributed by atoms with Gasteiger partial charge in [-0.05, 0) is 19.1 Å². The molecule has 0 unspecified atom stereocenters. The lowest BCUT2D eigenvalue weighted by Crippen LogP contribution is -2.02. The van der Waals surface area contributed by atoms with Crippen molar-refractivity contribution < 1.29 is 4.74 Å². The largest absolute Gasteiger partial charge is 0.497 e. The number of halogens is 1. The summed E-state index contributed by atoms with van der Waals surface area (Å²) in [5.41, 5.74) is 7.39. The normalized spacial score (nSPS) is 10.4. The molecule has 0 radical (unpaired) electrons. The Morgan fingerprint density at radius 1 is 1.44 bits per heavy atom. The van der Waals surface area contributed by atoms with Crippen molar-refractivity contribution in [1.29, 1.82) is 0 Å². The highest BCUT2D eigenvalue weighted by Crippen LogP contribution is 2.26. The molecule has 84 valence electrons. The van der Waals surface area contributed by atoms with Crippen molar-refractivity contribution >= 4 is 17.4 Å². The third kappa shape index (κ3) is 1.72. The van der Waals surface area contributed by atoms with E-state index in [-0.39, 0.29) is 0 Å². The Morgan fingerprint density at radius 2 is 2.19 bits per heavy atom. The first-order valence-electron chi connectivity index (χ1n) is 4.78. The molecular formula is C11H12ClN3O. The third-order valence-electron chi connectivity index (χ3n) is 2.32. The predicted molar refractivity (Wildman–Crippen MR) is 64.3 cm³/mol. The molecular weight excluding hydrogens is 226 g/mol. The number of nitrogens with zero attached hydrogens (tertiary/aromatic N) is 2. The Hall–Kier alpha value is -1.68. The molecule has 0 saturated heterocycles. The van der Waals surface area contributed by atoms with Crippen LogP contribution >= 0.6 is 11.6 Å². The number of rotatable bonds is 2. The maximum Gasteiger partial charge on any atom is 0.146 e. The first-order chi connectivity index (χ1) is 7.63. The van der Waals surface area contributed by atoms with E-state index in [1.807, 2.05) is 31.2 Å². The van der Waals surface area contributed by atoms with Gasteiger partial charge in [0.05, 0.1) is 18.5 Å². The van der Waals surface area contributed by atoms with Gasteiger partial charge < -0.3 is 10.5 Å². The zero-order chi connectivity index (χ0) is 11.7. The summed E-state index contributed by atoms with van der Waals surface area (Å²) in [6.45, 7) is 1.81. The molecule has 5 heteroatoms. The maximum absolute atomic E-state index is 5.98. The first-order valence-corrected chi connectivity index (χ1v) is 5.16. The van der Waals surface area contributed by atoms with Crippen molar-refractivity contribution in [2.24, 2.45) is 0 Å². The molecule has 0 aliphatic rings. The van der Waals surface area contributed by atoms with Crippen LogP contribution in [0.3, 0.4) is 0 Å². The molecule has 0 aliphatic heterocycles. The molecule has 0 bridgehead atoms. The zero-order valence-electron chi connectivity index (χ0n) is 9.07. The second-order valence-electron chi connectivity index (χ2n) is 3.40. The Morgan fingerprint density at radius 3 is 2.75 bits per heavy atom. The summed E-state index contributed by atoms with van der Waals surface area (Å²) in [4.78, 5) is 0. The molecule has 0 fully saturated rings. The molecule has 1 aromatic carbocycles. The molecule has 0 saturated carbocycles. The van der Waals surface area contributed by atoms with Gasteiger partial charge in [-0.25, -0.2) is 4.68 Å². The van der Waals surface area contributed by atoms with Gasteiger partial charge in [0.2, 0.25) is 0 Å². The van der Waals surface area contributed by atoms with Gasteiger partial charge in [0.25, 0.3) is 0 Å². The molecule has 1 aromatic heterocycles. The van der Waals surface area contributed by atoms with E-state index in [1.165, 1.54) is 0 Å². The lowest BCUT2D eigenvalue weighted by atomic mass is 10.3. The highest BCUT2D eigenvalue weighted by Gasteiger charge is 2.11. The SMILES string of the molecule is COc1cccc(-n2nc(C)c(Cl)c2N)c1. The number of ether oxygens (including phenoxy) is 1. The number of aromatic nitrogens is 2. The number of hydrogen-bond donors (Lipinski definition) is 1. The number of methoxy groups -OCH3 is 1. The minimum atomic E-state index is 0.437. The van der Waals surface area contributed by atoms with Crippen LogP contribution in [0.15, 0.2) is 24.3 Å². The number of benzene rings is 1. The van der Waals surface area contributed by atoms with Crippen LogP contribution in [0.1, 0.15) is 5.69 Å². The van der Waals surface area contributed by atoms with E-state index in [2.05, 4.69) is 5.10 Å². The molecule has 0 atom stereocenters. The van der Waals surface area contributed by atoms with E-state index in [1.54, 1.807) is 11.8 Å². The van der Waals surface area contributed by atoms with Crippen LogP contribution in [0.25, 0.3) is 5.69 Å². The summed E-state index contributed by atoms with van der Waals surface area (Å²) < 4.78 is 6.74. The minimum absolute atomic E-state index is 0.437. The van der Waals surface area contributed by atoms with Crippen LogP contribution in [0, 0.1) is 6.92 Å². The number of nitrogens with two attached hydrogens (primary N) is 1. The monoisotopic (exact) mass is 237 g/mol. The van der Waals surface area contributed by atoms with Crippen molar-refractivity contribution in [3.8, 4) is 11.4 Å². The predicted octanol–water partition coefficient (Wildman–Crippen LogP) is 2.42. The first kappa shape index (κ1) is 10.8. The Labute approximate surface area is 98.6 Å². The van der Waals surface area contributed by atoms with E-state index in [0.29, 0.717) is 16.5 Å². The Balaban J connectivity index is 2.54. The van der Waals surface area contributed by atoms with Gasteiger partial charge in [-0.15, -0.1) is 0 Å². The molecule has 4 nitrogen and oxygen atoms in total. The van der Waals surface area contributed by atoms with E-state index >= 15 is 0 Å². The Bertz CT molecular complexity index is 522. The average Bonchev–Trinajstić information content (AvgIpc) is 2.57. The van der Waals surface area contributed by atoms with Crippen LogP contribution < -0.4 is 10.5 Å². The summed E-state index contributed by atoms with van der Waals surface area (Å²) in [6, 6.07) is 7.47. The number of hydrogen-bond acceptors (Lipinski definition) is 3. The topological polar surface area (TPSA) is 53.1 Å². The second-order valence-corrected chi connectivity index (χ2v) is 3.78. The highest BCUT2D eigenvalue weighted by atomic mass is 35.5. The van der Waals surface area contributed by atoms with E-state index in [0.717, 1.165) is 11.4 Å². The molecule has 2 aromatic rings. The average molecular weight is 238 g/mol. The molecule has 0 amide bonds. The quantitative estimate of drug-likeness (QED) is 0.873. The van der Waals surface area contributed by atoms with Crippen LogP contribution in [-0.2, 0) is 0 Å². The van der Waals surface area contributed by atoms with Crippen molar-refractivity contribution in [2.75, 3.05) is 12.8 Å². The highest BCUT2D eigenvalue weighted by molar-refractivity contribution is 6.33. The molecule has 0 spiro atoms. The van der Waals surface area contributed by atoms with E-state index in [4.69, 9.17) is 22.1 Å². The Kier molecular flexibility index (Phi) is 2.75. The van der Waals surface area contributed by atoms with Gasteiger partial charge in [0.1, 0.15) is 16.6 Å². The van der Waals surface area contributed by atoms with Gasteiger partial charge in [0, 0.05) is 6.07 Å². The summed E-state index contributed by atoms with van der Waals surface area (Å²) in [5.74, 6) is 1.19. The van der Waals surface area contributed by atoms with Gasteiger partial charge >= 0.3 is 0 Å². The number of aryl methyl sites for hydroxylation is 1. The van der Waals surface area contributed by atoms with Gasteiger partial charge in [-0.2, -0.15) is 5.10 Å². The van der Waals surface area contributed by atoms with Crippen LogP contribution in [0.5, 0.6) is 5.75 Å². The lowest BCUT2D eigenvalue weighted by Gasteiger charge is -2.05. The fourth-order valence-corrected chi connectivity index (χ4v) is 1.58. The maximum atomic E-state index is 5.98. The molecule has 0 aliphatic carbocycles. The van der Waals surface area contributed by atoms with Crippen LogP contribution in [-0.4, -0.2) is 16.9 Å². The standard InChI is InChI=1S/C11H12ClN3O/c1-7-10(12)11(13)15(14-7)8-4-3-5-9(6-8)16-2/h3-6H,13H2,1-2H3. The minimum Gasteiger partial charge on any atom is -0.497 e. The van der Waals surface area contributed by atoms with Crippen molar-refractivity contribution in [2.45, 2.75) is 6.92 Å². The summed E-state index contributed by atoms with van der Waals surface area (Å²) >= 11 is 5.98. The van der Waals surface area contributed by atoms with Gasteiger partial charge in [-0.1, -0.05) is 17.7 Å². The molecule has 1 heterocycles. The fourth-order valence-electron chi connectivity index (χ4n) is 1.47. The number of nitrogen functional groups attached to an aromatic ring is 1. The summed E-state index contributed by atoms with van der Waals surface area (Å²) in [5, 5.41) is 4.75. The van der Waals surface area contributed by atoms with E-state index in [9.17, 15) is 0 Å². The number of anilines is 1. The zero-order valence-corrected chi connectivity index (χ0v) is 9.82. The lowest BCUT2D eigenvalue weighted by molar-refractivity contribution is 0.414. The third-order valence-corrected chi connectivity index (χ3v) is 2.79. The van der Waals surface area contributed by atoms with Crippen molar-refractivity contribution in [3.05, 3.63) is 35.0 Å². The van der Waals surface area contributed by atoms with Crippen molar-refractivity contribution in [1.82, 2.24) is 9.78 Å². The van der Waals surface area contributed by atoms with Crippen LogP contribution in [0.4, 0.5) is 5.82 Å². The van der Waals surface area contributed by atoms with E-state index < -0.39 is 0 Å². The summed E-state index contributed by atoms with van der Waals surface area (Å²) in [6.07, 6.45) is 0.